The Labute approximate surface area is 296 Å². The first kappa shape index (κ1) is 35.7. The van der Waals surface area contributed by atoms with E-state index in [0.717, 1.165) is 26.1 Å². The normalized spacial score (nSPS) is 42.7. The van der Waals surface area contributed by atoms with Crippen LogP contribution in [0, 0.1) is 51.2 Å². The second kappa shape index (κ2) is 12.4. The average molecular weight is 694 g/mol. The molecule has 0 radical (unpaired) electrons. The van der Waals surface area contributed by atoms with Crippen molar-refractivity contribution in [1.29, 1.82) is 0 Å². The van der Waals surface area contributed by atoms with Gasteiger partial charge in [-0.15, -0.1) is 0 Å². The van der Waals surface area contributed by atoms with Gasteiger partial charge in [0.1, 0.15) is 0 Å². The molecule has 6 aliphatic rings. The van der Waals surface area contributed by atoms with Crippen LogP contribution < -0.4 is 10.6 Å². The SMILES string of the molecule is CNCC1CC[C@]2(NCCN3CCS(=O)(=O)CC3)CC[C@]3(C)[C@H](CC[C@@H]4[C@@]5(C)CC=C(c6ccc(C(=O)O)cc6)C(C)(C)[C@@H]5CC[C@]43C)[C@@H]12. The quantitative estimate of drug-likeness (QED) is 0.277. The highest BCUT2D eigenvalue weighted by Crippen LogP contribution is 2.76. The van der Waals surface area contributed by atoms with Gasteiger partial charge in [-0.25, -0.2) is 13.2 Å². The lowest BCUT2D eigenvalue weighted by atomic mass is 9.33. The summed E-state index contributed by atoms with van der Waals surface area (Å²) in [6.07, 6.45) is 13.9. The van der Waals surface area contributed by atoms with E-state index < -0.39 is 15.8 Å². The largest absolute Gasteiger partial charge is 0.478 e. The molecule has 0 spiro atoms. The molecule has 5 fully saturated rings. The van der Waals surface area contributed by atoms with E-state index in [9.17, 15) is 18.3 Å². The number of carboxylic acid groups (broad SMARTS) is 1. The van der Waals surface area contributed by atoms with E-state index in [2.05, 4.69) is 63.3 Å². The van der Waals surface area contributed by atoms with E-state index in [1.165, 1.54) is 62.5 Å². The van der Waals surface area contributed by atoms with Gasteiger partial charge in [0.2, 0.25) is 0 Å². The smallest absolute Gasteiger partial charge is 0.335 e. The number of benzene rings is 1. The van der Waals surface area contributed by atoms with Gasteiger partial charge in [-0.05, 0) is 146 Å². The van der Waals surface area contributed by atoms with Crippen molar-refractivity contribution in [2.75, 3.05) is 51.3 Å². The van der Waals surface area contributed by atoms with Gasteiger partial charge >= 0.3 is 5.97 Å². The van der Waals surface area contributed by atoms with Crippen LogP contribution in [-0.2, 0) is 9.84 Å². The van der Waals surface area contributed by atoms with E-state index in [1.807, 2.05) is 12.1 Å². The molecular weight excluding hydrogens is 631 g/mol. The van der Waals surface area contributed by atoms with Gasteiger partial charge in [0, 0.05) is 31.7 Å². The summed E-state index contributed by atoms with van der Waals surface area (Å²) in [6.45, 7) is 17.4. The van der Waals surface area contributed by atoms with Crippen molar-refractivity contribution in [3.8, 4) is 0 Å². The summed E-state index contributed by atoms with van der Waals surface area (Å²) in [5.74, 6) is 3.10. The minimum atomic E-state index is -2.85. The van der Waals surface area contributed by atoms with Crippen molar-refractivity contribution in [3.05, 3.63) is 41.5 Å². The number of carboxylic acids is 1. The Morgan fingerprint density at radius 1 is 0.898 bits per heavy atom. The van der Waals surface area contributed by atoms with Crippen molar-refractivity contribution in [1.82, 2.24) is 15.5 Å². The number of nitrogens with one attached hydrogen (secondary N) is 2. The number of sulfone groups is 1. The lowest BCUT2D eigenvalue weighted by Crippen LogP contribution is -2.68. The van der Waals surface area contributed by atoms with Gasteiger partial charge in [-0.2, -0.15) is 0 Å². The molecule has 5 aliphatic carbocycles. The van der Waals surface area contributed by atoms with Crippen molar-refractivity contribution >= 4 is 21.4 Å². The predicted octanol–water partition coefficient (Wildman–Crippen LogP) is 6.75. The van der Waals surface area contributed by atoms with Crippen LogP contribution in [0.25, 0.3) is 5.57 Å². The highest BCUT2D eigenvalue weighted by Gasteiger charge is 2.70. The molecule has 272 valence electrons. The Balaban J connectivity index is 1.14. The lowest BCUT2D eigenvalue weighted by molar-refractivity contribution is -0.220. The molecule has 0 bridgehead atoms. The minimum absolute atomic E-state index is 0.0182. The van der Waals surface area contributed by atoms with Crippen LogP contribution in [-0.4, -0.2) is 81.2 Å². The monoisotopic (exact) mass is 693 g/mol. The van der Waals surface area contributed by atoms with Gasteiger partial charge in [0.15, 0.2) is 9.84 Å². The fourth-order valence-corrected chi connectivity index (χ4v) is 15.1. The molecule has 1 aliphatic heterocycles. The fourth-order valence-electron chi connectivity index (χ4n) is 13.9. The third kappa shape index (κ3) is 5.60. The van der Waals surface area contributed by atoms with E-state index in [-0.39, 0.29) is 16.4 Å². The zero-order valence-corrected chi connectivity index (χ0v) is 31.9. The Morgan fingerprint density at radius 2 is 1.61 bits per heavy atom. The van der Waals surface area contributed by atoms with Crippen molar-refractivity contribution in [2.45, 2.75) is 97.9 Å². The summed E-state index contributed by atoms with van der Waals surface area (Å²) in [4.78, 5) is 13.9. The van der Waals surface area contributed by atoms with Crippen LogP contribution in [0.1, 0.15) is 108 Å². The number of rotatable bonds is 8. The van der Waals surface area contributed by atoms with Gasteiger partial charge in [-0.1, -0.05) is 52.8 Å². The summed E-state index contributed by atoms with van der Waals surface area (Å²) < 4.78 is 24.0. The molecular formula is C41H63N3O4S. The molecule has 1 saturated heterocycles. The van der Waals surface area contributed by atoms with Gasteiger partial charge in [0.05, 0.1) is 17.1 Å². The Bertz CT molecular complexity index is 1560. The third-order valence-corrected chi connectivity index (χ3v) is 18.0. The molecule has 1 aromatic carbocycles. The Kier molecular flexibility index (Phi) is 9.06. The molecule has 4 saturated carbocycles. The van der Waals surface area contributed by atoms with Gasteiger partial charge < -0.3 is 20.6 Å². The first-order valence-corrected chi connectivity index (χ1v) is 21.3. The van der Waals surface area contributed by atoms with Gasteiger partial charge in [0.25, 0.3) is 0 Å². The maximum absolute atomic E-state index is 12.0. The molecule has 9 atom stereocenters. The number of nitrogens with zero attached hydrogens (tertiary/aromatic N) is 1. The summed E-state index contributed by atoms with van der Waals surface area (Å²) >= 11 is 0. The second-order valence-corrected chi connectivity index (χ2v) is 20.9. The number of allylic oxidation sites excluding steroid dienone is 2. The summed E-state index contributed by atoms with van der Waals surface area (Å²) in [5, 5.41) is 17.3. The van der Waals surface area contributed by atoms with Gasteiger partial charge in [-0.3, -0.25) is 0 Å². The molecule has 0 amide bonds. The molecule has 1 heterocycles. The van der Waals surface area contributed by atoms with E-state index in [0.29, 0.717) is 70.6 Å². The van der Waals surface area contributed by atoms with E-state index in [1.54, 1.807) is 12.1 Å². The molecule has 8 heteroatoms. The topological polar surface area (TPSA) is 98.7 Å². The number of hydrogen-bond acceptors (Lipinski definition) is 6. The zero-order chi connectivity index (χ0) is 35.0. The van der Waals surface area contributed by atoms with Crippen LogP contribution >= 0.6 is 0 Å². The van der Waals surface area contributed by atoms with Crippen LogP contribution in [0.2, 0.25) is 0 Å². The molecule has 7 nitrogen and oxygen atoms in total. The highest BCUT2D eigenvalue weighted by atomic mass is 32.2. The zero-order valence-electron chi connectivity index (χ0n) is 31.1. The van der Waals surface area contributed by atoms with Crippen LogP contribution in [0.15, 0.2) is 30.3 Å². The molecule has 1 aromatic rings. The number of aromatic carboxylic acids is 1. The van der Waals surface area contributed by atoms with Crippen LogP contribution in [0.4, 0.5) is 0 Å². The lowest BCUT2D eigenvalue weighted by Gasteiger charge is -2.72. The number of hydrogen-bond donors (Lipinski definition) is 3. The summed E-state index contributed by atoms with van der Waals surface area (Å²) in [7, 11) is -0.722. The van der Waals surface area contributed by atoms with Crippen molar-refractivity contribution in [3.63, 3.8) is 0 Å². The highest BCUT2D eigenvalue weighted by molar-refractivity contribution is 7.91. The van der Waals surface area contributed by atoms with Crippen LogP contribution in [0.3, 0.4) is 0 Å². The number of fused-ring (bicyclic) bond motifs is 7. The first-order valence-electron chi connectivity index (χ1n) is 19.5. The Hall–Kier alpha value is -1.74. The molecule has 49 heavy (non-hydrogen) atoms. The van der Waals surface area contributed by atoms with E-state index in [4.69, 9.17) is 0 Å². The summed E-state index contributed by atoms with van der Waals surface area (Å²) in [5.41, 5.74) is 3.98. The predicted molar refractivity (Wildman–Crippen MR) is 198 cm³/mol. The third-order valence-electron chi connectivity index (χ3n) is 16.4. The maximum atomic E-state index is 12.0. The molecule has 1 unspecified atom stereocenters. The maximum Gasteiger partial charge on any atom is 0.335 e. The standard InChI is InChI=1S/C41H63N3O4S/c1-37(2)31(28-7-9-29(10-8-28)36(45)46)14-16-38(3)33(37)15-17-40(5)34(38)12-11-32-35-30(27-42-6)13-18-41(35,20-19-39(32,40)4)43-21-22-44-23-25-49(47,48)26-24-44/h7-10,14,30,32-35,42-43H,11-13,15-27H2,1-6H3,(H,45,46)/t30?,32-,33+,34-,35-,38+,39-,40-,41+/m1/s1. The minimum Gasteiger partial charge on any atom is -0.478 e. The van der Waals surface area contributed by atoms with Crippen LogP contribution in [0.5, 0.6) is 0 Å². The number of carbonyl (C=O) groups is 1. The average Bonchev–Trinajstić information content (AvgIpc) is 3.40. The Morgan fingerprint density at radius 3 is 2.29 bits per heavy atom. The fraction of sp³-hybridized carbons (Fsp3) is 0.780. The first-order chi connectivity index (χ1) is 23.1. The second-order valence-electron chi connectivity index (χ2n) is 18.6. The van der Waals surface area contributed by atoms with Crippen molar-refractivity contribution in [2.24, 2.45) is 51.2 Å². The van der Waals surface area contributed by atoms with E-state index >= 15 is 0 Å². The molecule has 0 aromatic heterocycles. The van der Waals surface area contributed by atoms with Crippen molar-refractivity contribution < 1.29 is 18.3 Å². The molecule has 7 rings (SSSR count). The molecule has 3 N–H and O–H groups in total. The summed E-state index contributed by atoms with van der Waals surface area (Å²) in [6, 6.07) is 7.60.